The van der Waals surface area contributed by atoms with Crippen molar-refractivity contribution >= 4 is 39.5 Å². The van der Waals surface area contributed by atoms with Gasteiger partial charge in [0.2, 0.25) is 5.91 Å². The highest BCUT2D eigenvalue weighted by Crippen LogP contribution is 2.24. The molecule has 2 aromatic rings. The molecular formula is C21H23BrN2O3. The van der Waals surface area contributed by atoms with E-state index in [1.165, 1.54) is 6.08 Å². The summed E-state index contributed by atoms with van der Waals surface area (Å²) in [7, 11) is 1.58. The maximum atomic E-state index is 12.3. The number of halogens is 1. The van der Waals surface area contributed by atoms with Crippen molar-refractivity contribution in [2.45, 2.75) is 26.3 Å². The monoisotopic (exact) mass is 430 g/mol. The van der Waals surface area contributed by atoms with Gasteiger partial charge in [-0.05, 0) is 63.2 Å². The summed E-state index contributed by atoms with van der Waals surface area (Å²) in [6.45, 7) is 5.74. The molecule has 5 nitrogen and oxygen atoms in total. The van der Waals surface area contributed by atoms with E-state index in [4.69, 9.17) is 4.74 Å². The number of hydrogen-bond donors (Lipinski definition) is 2. The SMILES string of the molecule is COc1ccc(Br)cc1/C=C/C(=O)Nc1cccc(C(=O)NC(C)(C)C)c1. The molecule has 0 aliphatic rings. The van der Waals surface area contributed by atoms with Gasteiger partial charge in [-0.2, -0.15) is 0 Å². The number of ether oxygens (including phenoxy) is 1. The predicted molar refractivity (Wildman–Crippen MR) is 112 cm³/mol. The first-order valence-corrected chi connectivity index (χ1v) is 9.22. The molecule has 2 amide bonds. The summed E-state index contributed by atoms with van der Waals surface area (Å²) in [6.07, 6.45) is 3.10. The lowest BCUT2D eigenvalue weighted by Crippen LogP contribution is -2.40. The molecule has 0 fully saturated rings. The van der Waals surface area contributed by atoms with Crippen LogP contribution in [0.3, 0.4) is 0 Å². The zero-order valence-electron chi connectivity index (χ0n) is 15.8. The van der Waals surface area contributed by atoms with Gasteiger partial charge in [0, 0.05) is 32.9 Å². The third-order valence-electron chi connectivity index (χ3n) is 3.49. The van der Waals surface area contributed by atoms with E-state index in [9.17, 15) is 9.59 Å². The summed E-state index contributed by atoms with van der Waals surface area (Å²) in [5.41, 5.74) is 1.48. The first-order valence-electron chi connectivity index (χ1n) is 8.43. The molecule has 0 heterocycles. The fourth-order valence-electron chi connectivity index (χ4n) is 2.34. The third-order valence-corrected chi connectivity index (χ3v) is 3.98. The maximum Gasteiger partial charge on any atom is 0.251 e. The van der Waals surface area contributed by atoms with Crippen LogP contribution in [0.2, 0.25) is 0 Å². The standard InChI is InChI=1S/C21H23BrN2O3/c1-21(2,3)24-20(26)15-6-5-7-17(13-15)23-19(25)11-8-14-12-16(22)9-10-18(14)27-4/h5-13H,1-4H3,(H,23,25)(H,24,26)/b11-8+. The van der Waals surface area contributed by atoms with Gasteiger partial charge in [0.15, 0.2) is 0 Å². The predicted octanol–water partition coefficient (Wildman–Crippen LogP) is 4.64. The van der Waals surface area contributed by atoms with Crippen LogP contribution in [0.25, 0.3) is 6.08 Å². The number of benzene rings is 2. The van der Waals surface area contributed by atoms with Crippen molar-refractivity contribution in [3.63, 3.8) is 0 Å². The second-order valence-corrected chi connectivity index (χ2v) is 7.91. The molecule has 0 saturated carbocycles. The molecule has 0 aliphatic carbocycles. The Bertz CT molecular complexity index is 870. The van der Waals surface area contributed by atoms with Crippen molar-refractivity contribution < 1.29 is 14.3 Å². The average molecular weight is 431 g/mol. The molecule has 0 atom stereocenters. The molecule has 0 radical (unpaired) electrons. The molecular weight excluding hydrogens is 408 g/mol. The van der Waals surface area contributed by atoms with E-state index >= 15 is 0 Å². The number of amides is 2. The van der Waals surface area contributed by atoms with Crippen LogP contribution >= 0.6 is 15.9 Å². The first-order chi connectivity index (χ1) is 12.7. The Morgan fingerprint density at radius 1 is 1.11 bits per heavy atom. The van der Waals surface area contributed by atoms with E-state index in [0.29, 0.717) is 17.0 Å². The highest BCUT2D eigenvalue weighted by molar-refractivity contribution is 9.10. The minimum atomic E-state index is -0.331. The fourth-order valence-corrected chi connectivity index (χ4v) is 2.71. The molecule has 0 unspecified atom stereocenters. The molecule has 142 valence electrons. The van der Waals surface area contributed by atoms with Gasteiger partial charge in [-0.3, -0.25) is 9.59 Å². The van der Waals surface area contributed by atoms with Crippen molar-refractivity contribution in [2.24, 2.45) is 0 Å². The molecule has 27 heavy (non-hydrogen) atoms. The van der Waals surface area contributed by atoms with Gasteiger partial charge in [0.05, 0.1) is 7.11 Å². The van der Waals surface area contributed by atoms with Gasteiger partial charge >= 0.3 is 0 Å². The number of rotatable bonds is 5. The zero-order valence-corrected chi connectivity index (χ0v) is 17.4. The Morgan fingerprint density at radius 2 is 1.85 bits per heavy atom. The molecule has 2 aromatic carbocycles. The summed E-state index contributed by atoms with van der Waals surface area (Å²) in [5, 5.41) is 5.66. The quantitative estimate of drug-likeness (QED) is 0.678. The van der Waals surface area contributed by atoms with Crippen LogP contribution in [-0.2, 0) is 4.79 Å². The minimum Gasteiger partial charge on any atom is -0.496 e. The summed E-state index contributed by atoms with van der Waals surface area (Å²) in [4.78, 5) is 24.5. The van der Waals surface area contributed by atoms with Gasteiger partial charge in [0.1, 0.15) is 5.75 Å². The van der Waals surface area contributed by atoms with E-state index in [-0.39, 0.29) is 17.4 Å². The van der Waals surface area contributed by atoms with E-state index < -0.39 is 0 Å². The molecule has 2 rings (SSSR count). The average Bonchev–Trinajstić information content (AvgIpc) is 2.59. The largest absolute Gasteiger partial charge is 0.496 e. The van der Waals surface area contributed by atoms with Crippen molar-refractivity contribution in [3.05, 3.63) is 64.1 Å². The number of hydrogen-bond acceptors (Lipinski definition) is 3. The summed E-state index contributed by atoms with van der Waals surface area (Å²) < 4.78 is 6.17. The zero-order chi connectivity index (χ0) is 20.0. The Morgan fingerprint density at radius 3 is 2.52 bits per heavy atom. The number of nitrogens with one attached hydrogen (secondary N) is 2. The van der Waals surface area contributed by atoms with Crippen LogP contribution in [0, 0.1) is 0 Å². The maximum absolute atomic E-state index is 12.3. The van der Waals surface area contributed by atoms with Gasteiger partial charge in [0.25, 0.3) is 5.91 Å². The fraction of sp³-hybridized carbons (Fsp3) is 0.238. The Labute approximate surface area is 167 Å². The Hall–Kier alpha value is -2.60. The second-order valence-electron chi connectivity index (χ2n) is 6.99. The highest BCUT2D eigenvalue weighted by Gasteiger charge is 2.15. The van der Waals surface area contributed by atoms with Crippen molar-refractivity contribution in [1.29, 1.82) is 0 Å². The molecule has 0 aromatic heterocycles. The van der Waals surface area contributed by atoms with Crippen molar-refractivity contribution in [3.8, 4) is 5.75 Å². The Kier molecular flexibility index (Phi) is 6.80. The van der Waals surface area contributed by atoms with Crippen LogP contribution in [0.4, 0.5) is 5.69 Å². The minimum absolute atomic E-state index is 0.187. The number of carbonyl (C=O) groups is 2. The van der Waals surface area contributed by atoms with Gasteiger partial charge < -0.3 is 15.4 Å². The van der Waals surface area contributed by atoms with Crippen molar-refractivity contribution in [2.75, 3.05) is 12.4 Å². The van der Waals surface area contributed by atoms with Crippen LogP contribution in [0.5, 0.6) is 5.75 Å². The van der Waals surface area contributed by atoms with E-state index in [1.54, 1.807) is 37.5 Å². The normalized spacial score (nSPS) is 11.3. The Balaban J connectivity index is 2.09. The summed E-state index contributed by atoms with van der Waals surface area (Å²) in [6, 6.07) is 12.4. The number of methoxy groups -OCH3 is 1. The number of anilines is 1. The third kappa shape index (κ3) is 6.57. The topological polar surface area (TPSA) is 67.4 Å². The molecule has 0 bridgehead atoms. The van der Waals surface area contributed by atoms with Gasteiger partial charge in [-0.1, -0.05) is 22.0 Å². The van der Waals surface area contributed by atoms with E-state index in [2.05, 4.69) is 26.6 Å². The second kappa shape index (κ2) is 8.86. The molecule has 6 heteroatoms. The molecule has 0 saturated heterocycles. The molecule has 0 aliphatic heterocycles. The van der Waals surface area contributed by atoms with Crippen molar-refractivity contribution in [1.82, 2.24) is 5.32 Å². The number of carbonyl (C=O) groups excluding carboxylic acids is 2. The van der Waals surface area contributed by atoms with Crippen LogP contribution in [0.15, 0.2) is 53.0 Å². The van der Waals surface area contributed by atoms with E-state index in [0.717, 1.165) is 10.0 Å². The van der Waals surface area contributed by atoms with Gasteiger partial charge in [-0.15, -0.1) is 0 Å². The molecule has 0 spiro atoms. The van der Waals surface area contributed by atoms with Crippen LogP contribution in [-0.4, -0.2) is 24.5 Å². The van der Waals surface area contributed by atoms with E-state index in [1.807, 2.05) is 39.0 Å². The smallest absolute Gasteiger partial charge is 0.251 e. The lowest BCUT2D eigenvalue weighted by Gasteiger charge is -2.20. The summed E-state index contributed by atoms with van der Waals surface area (Å²) in [5.74, 6) is 0.182. The lowest BCUT2D eigenvalue weighted by atomic mass is 10.1. The lowest BCUT2D eigenvalue weighted by molar-refractivity contribution is -0.111. The first kappa shape index (κ1) is 20.7. The molecule has 2 N–H and O–H groups in total. The summed E-state index contributed by atoms with van der Waals surface area (Å²) >= 11 is 3.40. The highest BCUT2D eigenvalue weighted by atomic mass is 79.9. The van der Waals surface area contributed by atoms with Gasteiger partial charge in [-0.25, -0.2) is 0 Å². The van der Waals surface area contributed by atoms with Crippen LogP contribution < -0.4 is 15.4 Å². The van der Waals surface area contributed by atoms with Crippen LogP contribution in [0.1, 0.15) is 36.7 Å².